The molecule has 0 amide bonds. The summed E-state index contributed by atoms with van der Waals surface area (Å²) in [7, 11) is 0. The van der Waals surface area contributed by atoms with E-state index in [-0.39, 0.29) is 0 Å². The summed E-state index contributed by atoms with van der Waals surface area (Å²) in [5.41, 5.74) is 2.25. The number of ether oxygens (including phenoxy) is 2. The highest BCUT2D eigenvalue weighted by molar-refractivity contribution is 5.63. The Kier molecular flexibility index (Phi) is 3.78. The molecule has 1 N–H and O–H groups in total. The van der Waals surface area contributed by atoms with E-state index in [1.54, 1.807) is 0 Å². The summed E-state index contributed by atoms with van der Waals surface area (Å²) >= 11 is 0. The molecule has 6 nitrogen and oxygen atoms in total. The largest absolute Gasteiger partial charge is 0.381 e. The van der Waals surface area contributed by atoms with Crippen LogP contribution in [0.2, 0.25) is 0 Å². The van der Waals surface area contributed by atoms with Gasteiger partial charge in [0.2, 0.25) is 0 Å². The van der Waals surface area contributed by atoms with Crippen molar-refractivity contribution in [2.24, 2.45) is 0 Å². The number of nitrogens with zero attached hydrogens (tertiary/aromatic N) is 3. The Morgan fingerprint density at radius 1 is 1.14 bits per heavy atom. The van der Waals surface area contributed by atoms with Gasteiger partial charge in [-0.3, -0.25) is 5.10 Å². The van der Waals surface area contributed by atoms with E-state index in [2.05, 4.69) is 44.3 Å². The molecular formula is C16H20N4O2. The SMILES string of the molecule is c1cc(-c2n[nH]c([C@@H]3CCOC3)n2)cc(N2CCOCC2)c1. The molecule has 0 bridgehead atoms. The lowest BCUT2D eigenvalue weighted by atomic mass is 10.1. The molecule has 0 saturated carbocycles. The summed E-state index contributed by atoms with van der Waals surface area (Å²) in [6.07, 6.45) is 1.02. The van der Waals surface area contributed by atoms with E-state index < -0.39 is 0 Å². The molecule has 3 heterocycles. The minimum atomic E-state index is 0.351. The molecular weight excluding hydrogens is 280 g/mol. The Labute approximate surface area is 129 Å². The van der Waals surface area contributed by atoms with E-state index in [0.717, 1.165) is 63.2 Å². The third-order valence-electron chi connectivity index (χ3n) is 4.30. The molecule has 116 valence electrons. The molecule has 1 aromatic carbocycles. The molecule has 0 radical (unpaired) electrons. The summed E-state index contributed by atoms with van der Waals surface area (Å²) in [5, 5.41) is 7.45. The number of H-pyrrole nitrogens is 1. The van der Waals surface area contributed by atoms with Gasteiger partial charge in [-0.05, 0) is 18.6 Å². The Morgan fingerprint density at radius 2 is 2.05 bits per heavy atom. The smallest absolute Gasteiger partial charge is 0.181 e. The van der Waals surface area contributed by atoms with Crippen LogP contribution in [0.5, 0.6) is 0 Å². The van der Waals surface area contributed by atoms with E-state index in [0.29, 0.717) is 5.92 Å². The van der Waals surface area contributed by atoms with Crippen LogP contribution in [-0.4, -0.2) is 54.7 Å². The van der Waals surface area contributed by atoms with Crippen molar-refractivity contribution in [3.63, 3.8) is 0 Å². The highest BCUT2D eigenvalue weighted by Crippen LogP contribution is 2.26. The van der Waals surface area contributed by atoms with Crippen LogP contribution in [0.15, 0.2) is 24.3 Å². The first-order chi connectivity index (χ1) is 10.9. The van der Waals surface area contributed by atoms with Gasteiger partial charge in [-0.25, -0.2) is 4.98 Å². The molecule has 0 spiro atoms. The van der Waals surface area contributed by atoms with Crippen LogP contribution in [0.4, 0.5) is 5.69 Å². The van der Waals surface area contributed by atoms with Gasteiger partial charge in [0.05, 0.1) is 19.8 Å². The fourth-order valence-corrected chi connectivity index (χ4v) is 3.00. The Hall–Kier alpha value is -1.92. The van der Waals surface area contributed by atoms with E-state index in [9.17, 15) is 0 Å². The standard InChI is InChI=1S/C16H20N4O2/c1-2-12(10-14(3-1)20-5-8-21-9-6-20)15-17-16(19-18-15)13-4-7-22-11-13/h1-3,10,13H,4-9,11H2,(H,17,18,19)/t13-/m1/s1. The predicted molar refractivity (Wildman–Crippen MR) is 83.0 cm³/mol. The fraction of sp³-hybridized carbons (Fsp3) is 0.500. The zero-order chi connectivity index (χ0) is 14.8. The van der Waals surface area contributed by atoms with Crippen molar-refractivity contribution in [2.75, 3.05) is 44.4 Å². The third-order valence-corrected chi connectivity index (χ3v) is 4.30. The summed E-state index contributed by atoms with van der Waals surface area (Å²) in [6, 6.07) is 8.41. The molecule has 6 heteroatoms. The molecule has 0 aliphatic carbocycles. The first-order valence-corrected chi connectivity index (χ1v) is 7.83. The summed E-state index contributed by atoms with van der Waals surface area (Å²) < 4.78 is 10.8. The molecule has 1 aromatic heterocycles. The van der Waals surface area contributed by atoms with Gasteiger partial charge in [-0.15, -0.1) is 0 Å². The summed E-state index contributed by atoms with van der Waals surface area (Å²) in [4.78, 5) is 7.00. The monoisotopic (exact) mass is 300 g/mol. The van der Waals surface area contributed by atoms with Crippen LogP contribution in [0.3, 0.4) is 0 Å². The van der Waals surface area contributed by atoms with Gasteiger partial charge < -0.3 is 14.4 Å². The van der Waals surface area contributed by atoms with Crippen LogP contribution in [0.25, 0.3) is 11.4 Å². The van der Waals surface area contributed by atoms with Gasteiger partial charge in [-0.2, -0.15) is 5.10 Å². The molecule has 4 rings (SSSR count). The Bertz CT molecular complexity index is 631. The lowest BCUT2D eigenvalue weighted by Gasteiger charge is -2.29. The van der Waals surface area contributed by atoms with Gasteiger partial charge in [0.25, 0.3) is 0 Å². The lowest BCUT2D eigenvalue weighted by molar-refractivity contribution is 0.122. The van der Waals surface area contributed by atoms with Crippen LogP contribution in [-0.2, 0) is 9.47 Å². The van der Waals surface area contributed by atoms with Gasteiger partial charge in [0.15, 0.2) is 5.82 Å². The highest BCUT2D eigenvalue weighted by Gasteiger charge is 2.22. The Morgan fingerprint density at radius 3 is 2.86 bits per heavy atom. The number of hydrogen-bond acceptors (Lipinski definition) is 5. The normalized spacial score (nSPS) is 22.2. The maximum absolute atomic E-state index is 5.42. The van der Waals surface area contributed by atoms with Crippen molar-refractivity contribution < 1.29 is 9.47 Å². The fourth-order valence-electron chi connectivity index (χ4n) is 3.00. The molecule has 22 heavy (non-hydrogen) atoms. The zero-order valence-corrected chi connectivity index (χ0v) is 12.5. The number of aromatic nitrogens is 3. The van der Waals surface area contributed by atoms with E-state index >= 15 is 0 Å². The van der Waals surface area contributed by atoms with Gasteiger partial charge in [0, 0.05) is 36.9 Å². The predicted octanol–water partition coefficient (Wildman–Crippen LogP) is 1.81. The maximum atomic E-state index is 5.42. The molecule has 1 atom stereocenters. The quantitative estimate of drug-likeness (QED) is 0.936. The third kappa shape index (κ3) is 2.71. The highest BCUT2D eigenvalue weighted by atomic mass is 16.5. The van der Waals surface area contributed by atoms with Crippen LogP contribution in [0, 0.1) is 0 Å². The zero-order valence-electron chi connectivity index (χ0n) is 12.5. The first kappa shape index (κ1) is 13.7. The number of nitrogens with one attached hydrogen (secondary N) is 1. The number of rotatable bonds is 3. The average molecular weight is 300 g/mol. The van der Waals surface area contributed by atoms with Gasteiger partial charge in [-0.1, -0.05) is 12.1 Å². The Balaban J connectivity index is 1.56. The number of anilines is 1. The second-order valence-corrected chi connectivity index (χ2v) is 5.75. The van der Waals surface area contributed by atoms with Gasteiger partial charge in [0.1, 0.15) is 5.82 Å². The molecule has 2 aromatic rings. The van der Waals surface area contributed by atoms with Crippen LogP contribution < -0.4 is 4.90 Å². The van der Waals surface area contributed by atoms with Gasteiger partial charge >= 0.3 is 0 Å². The van der Waals surface area contributed by atoms with Crippen molar-refractivity contribution in [3.8, 4) is 11.4 Å². The topological polar surface area (TPSA) is 63.3 Å². The van der Waals surface area contributed by atoms with Crippen molar-refractivity contribution in [1.82, 2.24) is 15.2 Å². The second kappa shape index (κ2) is 6.06. The van der Waals surface area contributed by atoms with E-state index in [4.69, 9.17) is 9.47 Å². The number of benzene rings is 1. The maximum Gasteiger partial charge on any atom is 0.181 e. The number of morpholine rings is 1. The molecule has 2 aliphatic rings. The van der Waals surface area contributed by atoms with Crippen molar-refractivity contribution >= 4 is 5.69 Å². The van der Waals surface area contributed by atoms with E-state index in [1.165, 1.54) is 5.69 Å². The summed E-state index contributed by atoms with van der Waals surface area (Å²) in [6.45, 7) is 4.99. The average Bonchev–Trinajstić information content (AvgIpc) is 3.27. The van der Waals surface area contributed by atoms with Crippen molar-refractivity contribution in [1.29, 1.82) is 0 Å². The first-order valence-electron chi connectivity index (χ1n) is 7.83. The van der Waals surface area contributed by atoms with E-state index in [1.807, 2.05) is 0 Å². The van der Waals surface area contributed by atoms with Crippen molar-refractivity contribution in [3.05, 3.63) is 30.1 Å². The van der Waals surface area contributed by atoms with Crippen LogP contribution in [0.1, 0.15) is 18.2 Å². The van der Waals surface area contributed by atoms with Crippen molar-refractivity contribution in [2.45, 2.75) is 12.3 Å². The second-order valence-electron chi connectivity index (χ2n) is 5.75. The minimum absolute atomic E-state index is 0.351. The molecule has 2 saturated heterocycles. The number of aromatic amines is 1. The number of hydrogen-bond donors (Lipinski definition) is 1. The molecule has 0 unspecified atom stereocenters. The molecule has 2 fully saturated rings. The minimum Gasteiger partial charge on any atom is -0.381 e. The summed E-state index contributed by atoms with van der Waals surface area (Å²) in [5.74, 6) is 2.05. The lowest BCUT2D eigenvalue weighted by Crippen LogP contribution is -2.36. The molecule has 2 aliphatic heterocycles. The van der Waals surface area contributed by atoms with Crippen LogP contribution >= 0.6 is 0 Å².